The number of rotatable bonds is 2. The molecule has 0 amide bonds. The van der Waals surface area contributed by atoms with Crippen LogP contribution in [0.4, 0.5) is 0 Å². The van der Waals surface area contributed by atoms with Crippen LogP contribution < -0.4 is 11.1 Å². The highest BCUT2D eigenvalue weighted by Gasteiger charge is 2.37. The number of aliphatic hydroxyl groups excluding tert-OH is 2. The lowest BCUT2D eigenvalue weighted by Gasteiger charge is -2.33. The first-order valence-electron chi connectivity index (χ1n) is 5.09. The van der Waals surface area contributed by atoms with Crippen LogP contribution >= 0.6 is 0 Å². The monoisotopic (exact) mass is 228 g/mol. The predicted octanol–water partition coefficient (Wildman–Crippen LogP) is -1.90. The lowest BCUT2D eigenvalue weighted by Crippen LogP contribution is -2.49. The first-order chi connectivity index (χ1) is 7.61. The van der Waals surface area contributed by atoms with Gasteiger partial charge < -0.3 is 30.9 Å². The normalized spacial score (nSPS) is 34.9. The first-order valence-corrected chi connectivity index (χ1v) is 5.09. The maximum absolute atomic E-state index is 9.61. The molecule has 0 aromatic carbocycles. The van der Waals surface area contributed by atoms with E-state index in [1.807, 2.05) is 0 Å². The van der Waals surface area contributed by atoms with Gasteiger partial charge in [0, 0.05) is 6.42 Å². The number of hydrogen-bond acceptors (Lipinski definition) is 7. The Bertz CT molecular complexity index is 320. The van der Waals surface area contributed by atoms with Crippen LogP contribution in [0.2, 0.25) is 0 Å². The first kappa shape index (κ1) is 11.2. The van der Waals surface area contributed by atoms with Crippen molar-refractivity contribution in [2.24, 2.45) is 10.7 Å². The molecule has 5 N–H and O–H groups in total. The molecule has 0 aromatic heterocycles. The Balaban J connectivity index is 2.02. The second-order valence-corrected chi connectivity index (χ2v) is 3.83. The summed E-state index contributed by atoms with van der Waals surface area (Å²) in [7, 11) is 0. The van der Waals surface area contributed by atoms with Gasteiger partial charge in [-0.05, 0) is 0 Å². The van der Waals surface area contributed by atoms with Crippen LogP contribution in [0.15, 0.2) is 17.4 Å². The van der Waals surface area contributed by atoms with Crippen molar-refractivity contribution in [3.63, 3.8) is 0 Å². The fraction of sp³-hybridized carbons (Fsp3) is 0.667. The Labute approximate surface area is 93.2 Å². The van der Waals surface area contributed by atoms with Crippen molar-refractivity contribution in [3.8, 4) is 0 Å². The third-order valence-electron chi connectivity index (χ3n) is 2.74. The average molecular weight is 228 g/mol. The van der Waals surface area contributed by atoms with Crippen molar-refractivity contribution in [1.29, 1.82) is 0 Å². The Morgan fingerprint density at radius 3 is 3.00 bits per heavy atom. The molecule has 1 unspecified atom stereocenters. The number of ether oxygens (including phenoxy) is 1. The molecule has 2 heterocycles. The van der Waals surface area contributed by atoms with Gasteiger partial charge in [-0.2, -0.15) is 4.99 Å². The third-order valence-corrected chi connectivity index (χ3v) is 2.74. The van der Waals surface area contributed by atoms with Gasteiger partial charge in [0.25, 0.3) is 0 Å². The second kappa shape index (κ2) is 4.28. The van der Waals surface area contributed by atoms with Crippen LogP contribution in [0.1, 0.15) is 6.42 Å². The molecule has 0 aromatic rings. The van der Waals surface area contributed by atoms with Gasteiger partial charge in [-0.25, -0.2) is 0 Å². The summed E-state index contributed by atoms with van der Waals surface area (Å²) in [5, 5.41) is 21.4. The molecule has 1 fully saturated rings. The highest BCUT2D eigenvalue weighted by molar-refractivity contribution is 5.79. The van der Waals surface area contributed by atoms with E-state index in [0.29, 0.717) is 24.9 Å². The number of nitrogens with one attached hydrogen (secondary N) is 1. The summed E-state index contributed by atoms with van der Waals surface area (Å²) < 4.78 is 5.48. The molecule has 7 heteroatoms. The lowest BCUT2D eigenvalue weighted by atomic mass is 10.2. The Kier molecular flexibility index (Phi) is 2.99. The molecule has 90 valence electrons. The summed E-state index contributed by atoms with van der Waals surface area (Å²) in [6.07, 6.45) is -1.11. The molecule has 0 saturated carbocycles. The minimum atomic E-state index is -0.661. The van der Waals surface area contributed by atoms with Crippen LogP contribution in [-0.4, -0.2) is 52.8 Å². The van der Waals surface area contributed by atoms with Crippen LogP contribution in [0.3, 0.4) is 0 Å². The smallest absolute Gasteiger partial charge is 0.196 e. The molecule has 2 aliphatic heterocycles. The van der Waals surface area contributed by atoms with E-state index in [-0.39, 0.29) is 12.8 Å². The molecule has 0 bridgehead atoms. The molecule has 7 nitrogen and oxygen atoms in total. The van der Waals surface area contributed by atoms with E-state index in [0.717, 1.165) is 0 Å². The largest absolute Gasteiger partial charge is 0.394 e. The number of aliphatic hydroxyl groups is 2. The van der Waals surface area contributed by atoms with Crippen LogP contribution in [0.5, 0.6) is 0 Å². The molecule has 0 radical (unpaired) electrons. The summed E-state index contributed by atoms with van der Waals surface area (Å²) in [5.41, 5.74) is 5.49. The van der Waals surface area contributed by atoms with Gasteiger partial charge in [0.2, 0.25) is 0 Å². The summed E-state index contributed by atoms with van der Waals surface area (Å²) in [4.78, 5) is 5.73. The van der Waals surface area contributed by atoms with Gasteiger partial charge in [0.15, 0.2) is 5.96 Å². The molecular weight excluding hydrogens is 212 g/mol. The highest BCUT2D eigenvalue weighted by atomic mass is 16.5. The number of nitrogens with two attached hydrogens (primary N) is 1. The molecular formula is C9H16N4O3. The Hall–Kier alpha value is -1.31. The average Bonchev–Trinajstić information content (AvgIpc) is 2.59. The van der Waals surface area contributed by atoms with E-state index < -0.39 is 12.2 Å². The van der Waals surface area contributed by atoms with E-state index in [1.165, 1.54) is 0 Å². The topological polar surface area (TPSA) is 103 Å². The maximum atomic E-state index is 9.61. The predicted molar refractivity (Wildman–Crippen MR) is 57.0 cm³/mol. The highest BCUT2D eigenvalue weighted by Crippen LogP contribution is 2.25. The van der Waals surface area contributed by atoms with Crippen LogP contribution in [0.25, 0.3) is 0 Å². The zero-order valence-corrected chi connectivity index (χ0v) is 8.83. The van der Waals surface area contributed by atoms with Crippen molar-refractivity contribution in [2.75, 3.05) is 13.3 Å². The van der Waals surface area contributed by atoms with Gasteiger partial charge in [0.05, 0.1) is 19.4 Å². The fourth-order valence-corrected chi connectivity index (χ4v) is 1.84. The summed E-state index contributed by atoms with van der Waals surface area (Å²) in [5.74, 6) is 0.811. The van der Waals surface area contributed by atoms with Gasteiger partial charge in [-0.1, -0.05) is 6.58 Å². The Morgan fingerprint density at radius 2 is 2.44 bits per heavy atom. The molecule has 16 heavy (non-hydrogen) atoms. The van der Waals surface area contributed by atoms with Crippen molar-refractivity contribution in [3.05, 3.63) is 12.4 Å². The quantitative estimate of drug-likeness (QED) is 0.440. The molecule has 0 spiro atoms. The lowest BCUT2D eigenvalue weighted by molar-refractivity contribution is -0.0696. The van der Waals surface area contributed by atoms with Crippen molar-refractivity contribution < 1.29 is 14.9 Å². The van der Waals surface area contributed by atoms with E-state index in [2.05, 4.69) is 16.9 Å². The summed E-state index contributed by atoms with van der Waals surface area (Å²) in [6.45, 7) is 4.00. The minimum Gasteiger partial charge on any atom is -0.394 e. The van der Waals surface area contributed by atoms with Crippen LogP contribution in [-0.2, 0) is 4.74 Å². The van der Waals surface area contributed by atoms with Gasteiger partial charge in [-0.15, -0.1) is 0 Å². The van der Waals surface area contributed by atoms with E-state index in [1.54, 1.807) is 4.90 Å². The zero-order chi connectivity index (χ0) is 11.7. The standard InChI is InChI=1S/C9H16N4O3/c1-5-12-9(10)11-4-13(5)8-2-6(15)7(3-14)16-8/h6-8,14-15H,1-4H2,(H3,10,11,12)/t6?,7-,8-/m1/s1. The summed E-state index contributed by atoms with van der Waals surface area (Å²) >= 11 is 0. The van der Waals surface area contributed by atoms with Crippen LogP contribution in [0, 0.1) is 0 Å². The zero-order valence-electron chi connectivity index (χ0n) is 8.83. The number of aliphatic imine (C=N–C) groups is 1. The van der Waals surface area contributed by atoms with Crippen molar-refractivity contribution in [1.82, 2.24) is 10.2 Å². The van der Waals surface area contributed by atoms with Crippen molar-refractivity contribution >= 4 is 5.96 Å². The van der Waals surface area contributed by atoms with Crippen molar-refractivity contribution in [2.45, 2.75) is 24.9 Å². The number of hydrogen-bond donors (Lipinski definition) is 4. The summed E-state index contributed by atoms with van der Waals surface area (Å²) in [6, 6.07) is 0. The Morgan fingerprint density at radius 1 is 1.69 bits per heavy atom. The van der Waals surface area contributed by atoms with E-state index >= 15 is 0 Å². The molecule has 0 aliphatic carbocycles. The fourth-order valence-electron chi connectivity index (χ4n) is 1.84. The maximum Gasteiger partial charge on any atom is 0.196 e. The molecule has 3 atom stereocenters. The number of guanidine groups is 1. The van der Waals surface area contributed by atoms with Gasteiger partial charge in [-0.3, -0.25) is 0 Å². The minimum absolute atomic E-state index is 0.198. The molecule has 1 saturated heterocycles. The third kappa shape index (κ3) is 1.97. The SMILES string of the molecule is C=C1N=C(N)NCN1[C@H]1CC(O)[C@@H](CO)O1. The molecule has 2 aliphatic rings. The van der Waals surface area contributed by atoms with E-state index in [9.17, 15) is 5.11 Å². The van der Waals surface area contributed by atoms with E-state index in [4.69, 9.17) is 15.6 Å². The second-order valence-electron chi connectivity index (χ2n) is 3.83. The van der Waals surface area contributed by atoms with Gasteiger partial charge in [0.1, 0.15) is 18.2 Å². The number of nitrogens with zero attached hydrogens (tertiary/aromatic N) is 2. The molecule has 2 rings (SSSR count). The van der Waals surface area contributed by atoms with Gasteiger partial charge >= 0.3 is 0 Å².